The Morgan fingerprint density at radius 1 is 1.28 bits per heavy atom. The molecule has 0 bridgehead atoms. The van der Waals surface area contributed by atoms with E-state index in [-0.39, 0.29) is 5.91 Å². The highest BCUT2D eigenvalue weighted by molar-refractivity contribution is 9.11. The molecule has 0 radical (unpaired) electrons. The number of rotatable bonds is 4. The minimum absolute atomic E-state index is 0.199. The first kappa shape index (κ1) is 16.4. The zero-order valence-corrected chi connectivity index (χ0v) is 16.0. The number of pyridine rings is 1. The van der Waals surface area contributed by atoms with Gasteiger partial charge in [-0.25, -0.2) is 5.43 Å². The highest BCUT2D eigenvalue weighted by Crippen LogP contribution is 2.40. The fourth-order valence-corrected chi connectivity index (χ4v) is 4.06. The summed E-state index contributed by atoms with van der Waals surface area (Å²) in [5.74, 6) is 0.292. The molecule has 0 spiro atoms. The second kappa shape index (κ2) is 6.69. The van der Waals surface area contributed by atoms with E-state index in [1.54, 1.807) is 11.3 Å². The van der Waals surface area contributed by atoms with Crippen LogP contribution in [0.2, 0.25) is 0 Å². The van der Waals surface area contributed by atoms with Gasteiger partial charge in [0.15, 0.2) is 0 Å². The van der Waals surface area contributed by atoms with Crippen LogP contribution in [-0.2, 0) is 0 Å². The van der Waals surface area contributed by atoms with Crippen LogP contribution in [0.5, 0.6) is 0 Å². The number of hydrogen-bond acceptors (Lipinski definition) is 4. The van der Waals surface area contributed by atoms with Crippen LogP contribution < -0.4 is 5.43 Å². The van der Waals surface area contributed by atoms with E-state index in [9.17, 15) is 4.79 Å². The molecule has 0 atom stereocenters. The second-order valence-electron chi connectivity index (χ2n) is 6.13. The zero-order valence-electron chi connectivity index (χ0n) is 13.6. The predicted octanol–water partition coefficient (Wildman–Crippen LogP) is 5.09. The van der Waals surface area contributed by atoms with Crippen molar-refractivity contribution in [1.82, 2.24) is 10.4 Å². The Hall–Kier alpha value is -2.05. The lowest BCUT2D eigenvalue weighted by Gasteiger charge is -2.08. The summed E-state index contributed by atoms with van der Waals surface area (Å²) in [5, 5.41) is 5.12. The zero-order chi connectivity index (χ0) is 17.4. The van der Waals surface area contributed by atoms with Gasteiger partial charge in [-0.15, -0.1) is 11.3 Å². The summed E-state index contributed by atoms with van der Waals surface area (Å²) in [6.45, 7) is 1.89. The maximum atomic E-state index is 12.7. The quantitative estimate of drug-likeness (QED) is 0.478. The monoisotopic (exact) mass is 413 g/mol. The van der Waals surface area contributed by atoms with Crippen molar-refractivity contribution < 1.29 is 4.79 Å². The predicted molar refractivity (Wildman–Crippen MR) is 105 cm³/mol. The molecule has 2 aromatic heterocycles. The molecule has 4 rings (SSSR count). The number of amides is 1. The SMILES string of the molecule is C/C(=N/NC(=O)c1cc(C2CC2)nc2ccccc12)c1ccc(Br)s1. The number of halogens is 1. The fraction of sp³-hybridized carbons (Fsp3) is 0.211. The maximum Gasteiger partial charge on any atom is 0.272 e. The molecule has 1 fully saturated rings. The van der Waals surface area contributed by atoms with E-state index in [1.165, 1.54) is 0 Å². The normalized spacial score (nSPS) is 14.7. The summed E-state index contributed by atoms with van der Waals surface area (Å²) in [5.41, 5.74) is 5.98. The first-order valence-electron chi connectivity index (χ1n) is 8.12. The first-order valence-corrected chi connectivity index (χ1v) is 9.73. The Bertz CT molecular complexity index is 991. The molecule has 0 saturated heterocycles. The van der Waals surface area contributed by atoms with Crippen molar-refractivity contribution in [2.45, 2.75) is 25.7 Å². The molecule has 1 N–H and O–H groups in total. The lowest BCUT2D eigenvalue weighted by molar-refractivity contribution is 0.0956. The van der Waals surface area contributed by atoms with Gasteiger partial charge in [0.25, 0.3) is 5.91 Å². The topological polar surface area (TPSA) is 54.4 Å². The molecule has 0 aliphatic heterocycles. The highest BCUT2D eigenvalue weighted by atomic mass is 79.9. The molecule has 1 aromatic carbocycles. The number of hydrogen-bond donors (Lipinski definition) is 1. The molecule has 1 amide bonds. The third-order valence-electron chi connectivity index (χ3n) is 4.23. The van der Waals surface area contributed by atoms with E-state index >= 15 is 0 Å². The van der Waals surface area contributed by atoms with Crippen LogP contribution in [0.15, 0.2) is 51.4 Å². The number of benzene rings is 1. The second-order valence-corrected chi connectivity index (χ2v) is 8.59. The van der Waals surface area contributed by atoms with Crippen LogP contribution in [0, 0.1) is 0 Å². The molecule has 25 heavy (non-hydrogen) atoms. The number of carbonyl (C=O) groups is 1. The van der Waals surface area contributed by atoms with Crippen molar-refractivity contribution in [3.05, 3.63) is 62.4 Å². The molecule has 3 aromatic rings. The van der Waals surface area contributed by atoms with E-state index in [0.29, 0.717) is 11.5 Å². The highest BCUT2D eigenvalue weighted by Gasteiger charge is 2.26. The van der Waals surface area contributed by atoms with Crippen LogP contribution in [-0.4, -0.2) is 16.6 Å². The van der Waals surface area contributed by atoms with Crippen molar-refractivity contribution in [2.75, 3.05) is 0 Å². The lowest BCUT2D eigenvalue weighted by Crippen LogP contribution is -2.20. The van der Waals surface area contributed by atoms with Crippen LogP contribution in [0.25, 0.3) is 10.9 Å². The molecule has 0 unspecified atom stereocenters. The lowest BCUT2D eigenvalue weighted by atomic mass is 10.1. The Morgan fingerprint density at radius 3 is 2.80 bits per heavy atom. The molecule has 126 valence electrons. The number of thiophene rings is 1. The molecule has 1 saturated carbocycles. The first-order chi connectivity index (χ1) is 12.1. The summed E-state index contributed by atoms with van der Waals surface area (Å²) in [4.78, 5) is 18.5. The van der Waals surface area contributed by atoms with E-state index in [2.05, 4.69) is 26.5 Å². The van der Waals surface area contributed by atoms with E-state index in [4.69, 9.17) is 4.98 Å². The Morgan fingerprint density at radius 2 is 2.08 bits per heavy atom. The molecule has 1 aliphatic rings. The minimum Gasteiger partial charge on any atom is -0.267 e. The van der Waals surface area contributed by atoms with Gasteiger partial charge >= 0.3 is 0 Å². The van der Waals surface area contributed by atoms with Crippen LogP contribution in [0.4, 0.5) is 0 Å². The molecule has 4 nitrogen and oxygen atoms in total. The third-order valence-corrected chi connectivity index (χ3v) is 5.96. The van der Waals surface area contributed by atoms with Gasteiger partial charge in [-0.1, -0.05) is 18.2 Å². The number of fused-ring (bicyclic) bond motifs is 1. The molecule has 6 heteroatoms. The minimum atomic E-state index is -0.199. The van der Waals surface area contributed by atoms with Crippen molar-refractivity contribution >= 4 is 49.8 Å². The molecular formula is C19H16BrN3OS. The van der Waals surface area contributed by atoms with E-state index < -0.39 is 0 Å². The van der Waals surface area contributed by atoms with Gasteiger partial charge in [0.2, 0.25) is 0 Å². The largest absolute Gasteiger partial charge is 0.272 e. The van der Waals surface area contributed by atoms with Crippen molar-refractivity contribution in [3.63, 3.8) is 0 Å². The van der Waals surface area contributed by atoms with Gasteiger partial charge in [-0.05, 0) is 60.0 Å². The number of nitrogens with one attached hydrogen (secondary N) is 1. The number of hydrazone groups is 1. The number of aromatic nitrogens is 1. The summed E-state index contributed by atoms with van der Waals surface area (Å²) in [6, 6.07) is 13.6. The van der Waals surface area contributed by atoms with E-state index in [0.717, 1.165) is 43.8 Å². The molecule has 1 aliphatic carbocycles. The van der Waals surface area contributed by atoms with Crippen molar-refractivity contribution in [2.24, 2.45) is 5.10 Å². The Balaban J connectivity index is 1.65. The van der Waals surface area contributed by atoms with Gasteiger partial charge in [0, 0.05) is 17.0 Å². The van der Waals surface area contributed by atoms with Gasteiger partial charge in [-0.3, -0.25) is 9.78 Å². The summed E-state index contributed by atoms with van der Waals surface area (Å²) in [6.07, 6.45) is 2.30. The smallest absolute Gasteiger partial charge is 0.267 e. The van der Waals surface area contributed by atoms with Gasteiger partial charge in [-0.2, -0.15) is 5.10 Å². The van der Waals surface area contributed by atoms with Gasteiger partial charge < -0.3 is 0 Å². The number of para-hydroxylation sites is 1. The van der Waals surface area contributed by atoms with Crippen molar-refractivity contribution in [3.8, 4) is 0 Å². The summed E-state index contributed by atoms with van der Waals surface area (Å²) in [7, 11) is 0. The van der Waals surface area contributed by atoms with Crippen LogP contribution in [0.3, 0.4) is 0 Å². The van der Waals surface area contributed by atoms with Gasteiger partial charge in [0.1, 0.15) is 0 Å². The van der Waals surface area contributed by atoms with Crippen molar-refractivity contribution in [1.29, 1.82) is 0 Å². The Labute approximate surface area is 158 Å². The van der Waals surface area contributed by atoms with Crippen LogP contribution in [0.1, 0.15) is 46.6 Å². The number of nitrogens with zero attached hydrogens (tertiary/aromatic N) is 2. The van der Waals surface area contributed by atoms with E-state index in [1.807, 2.05) is 49.4 Å². The standard InChI is InChI=1S/C19H16BrN3OS/c1-11(17-8-9-18(20)25-17)22-23-19(24)14-10-16(12-6-7-12)21-15-5-3-2-4-13(14)15/h2-5,8-10,12H,6-7H2,1H3,(H,23,24)/b22-11-. The maximum absolute atomic E-state index is 12.7. The third kappa shape index (κ3) is 3.50. The summed E-state index contributed by atoms with van der Waals surface area (Å²) < 4.78 is 1.04. The average Bonchev–Trinajstić information content (AvgIpc) is 3.39. The van der Waals surface area contributed by atoms with Gasteiger partial charge in [0.05, 0.1) is 25.5 Å². The average molecular weight is 414 g/mol. The summed E-state index contributed by atoms with van der Waals surface area (Å²) >= 11 is 5.03. The van der Waals surface area contributed by atoms with Crippen LogP contribution >= 0.6 is 27.3 Å². The molecular weight excluding hydrogens is 398 g/mol. The fourth-order valence-electron chi connectivity index (χ4n) is 2.73. The number of carbonyl (C=O) groups excluding carboxylic acids is 1. The Kier molecular flexibility index (Phi) is 4.39. The molecule has 2 heterocycles.